The highest BCUT2D eigenvalue weighted by Gasteiger charge is 1.95. The van der Waals surface area contributed by atoms with E-state index in [0.29, 0.717) is 12.1 Å². The lowest BCUT2D eigenvalue weighted by atomic mass is 10.1. The Morgan fingerprint density at radius 1 is 1.50 bits per heavy atom. The number of guanidine groups is 1. The van der Waals surface area contributed by atoms with Crippen molar-refractivity contribution in [3.63, 3.8) is 0 Å². The Bertz CT molecular complexity index is 326. The third kappa shape index (κ3) is 3.04. The van der Waals surface area contributed by atoms with Crippen LogP contribution in [0.4, 0.5) is 5.69 Å². The molecule has 0 bridgehead atoms. The van der Waals surface area contributed by atoms with Crippen LogP contribution in [0.1, 0.15) is 5.56 Å². The van der Waals surface area contributed by atoms with Crippen LogP contribution in [0.5, 0.6) is 0 Å². The van der Waals surface area contributed by atoms with E-state index in [4.69, 9.17) is 16.0 Å². The van der Waals surface area contributed by atoms with Gasteiger partial charge in [0.25, 0.3) is 0 Å². The zero-order valence-electron chi connectivity index (χ0n) is 7.64. The fourth-order valence-corrected chi connectivity index (χ4v) is 1.07. The average molecular weight is 195 g/mol. The molecule has 1 rings (SSSR count). The lowest BCUT2D eigenvalue weighted by molar-refractivity contribution is 0.233. The lowest BCUT2D eigenvalue weighted by Gasteiger charge is -2.01. The van der Waals surface area contributed by atoms with Gasteiger partial charge < -0.3 is 10.8 Å². The van der Waals surface area contributed by atoms with Crippen LogP contribution in [0.3, 0.4) is 0 Å². The second-order valence-corrected chi connectivity index (χ2v) is 2.75. The Hall–Kier alpha value is -1.59. The quantitative estimate of drug-likeness (QED) is 0.314. The van der Waals surface area contributed by atoms with E-state index in [1.54, 1.807) is 17.6 Å². The molecule has 76 valence electrons. The number of aliphatic hydroxyl groups excluding tert-OH is 1. The SMILES string of the molecule is NC(=Nc1cccc(CCO)c1)NO. The highest BCUT2D eigenvalue weighted by atomic mass is 16.5. The molecule has 0 aliphatic rings. The first kappa shape index (κ1) is 10.5. The minimum absolute atomic E-state index is 0.0638. The molecule has 0 aliphatic carbocycles. The zero-order valence-corrected chi connectivity index (χ0v) is 7.64. The molecular formula is C9H13N3O2. The number of nitrogens with one attached hydrogen (secondary N) is 1. The van der Waals surface area contributed by atoms with Crippen molar-refractivity contribution in [2.24, 2.45) is 10.7 Å². The number of benzene rings is 1. The predicted molar refractivity (Wildman–Crippen MR) is 53.4 cm³/mol. The van der Waals surface area contributed by atoms with Gasteiger partial charge in [-0.05, 0) is 24.1 Å². The van der Waals surface area contributed by atoms with E-state index in [2.05, 4.69) is 4.99 Å². The van der Waals surface area contributed by atoms with Gasteiger partial charge in [-0.15, -0.1) is 0 Å². The van der Waals surface area contributed by atoms with Gasteiger partial charge in [-0.25, -0.2) is 10.5 Å². The first-order valence-corrected chi connectivity index (χ1v) is 4.20. The molecule has 0 amide bonds. The Morgan fingerprint density at radius 2 is 2.29 bits per heavy atom. The molecule has 0 heterocycles. The normalized spacial score (nSPS) is 11.4. The Balaban J connectivity index is 2.83. The molecule has 1 aromatic carbocycles. The van der Waals surface area contributed by atoms with Crippen LogP contribution in [-0.4, -0.2) is 22.9 Å². The molecule has 14 heavy (non-hydrogen) atoms. The smallest absolute Gasteiger partial charge is 0.218 e. The van der Waals surface area contributed by atoms with Gasteiger partial charge in [-0.2, -0.15) is 0 Å². The van der Waals surface area contributed by atoms with Crippen LogP contribution in [0.25, 0.3) is 0 Å². The van der Waals surface area contributed by atoms with Crippen molar-refractivity contribution in [1.82, 2.24) is 5.48 Å². The predicted octanol–water partition coefficient (Wildman–Crippen LogP) is 0.146. The van der Waals surface area contributed by atoms with Crippen molar-refractivity contribution in [3.8, 4) is 0 Å². The zero-order chi connectivity index (χ0) is 10.4. The van der Waals surface area contributed by atoms with E-state index in [1.165, 1.54) is 0 Å². The highest BCUT2D eigenvalue weighted by Crippen LogP contribution is 2.13. The van der Waals surface area contributed by atoms with E-state index in [1.807, 2.05) is 12.1 Å². The number of nitrogens with zero attached hydrogens (tertiary/aromatic N) is 1. The molecule has 0 aromatic heterocycles. The topological polar surface area (TPSA) is 90.9 Å². The Kier molecular flexibility index (Phi) is 3.90. The summed E-state index contributed by atoms with van der Waals surface area (Å²) in [6.45, 7) is 0.0981. The third-order valence-corrected chi connectivity index (χ3v) is 1.68. The first-order valence-electron chi connectivity index (χ1n) is 4.20. The van der Waals surface area contributed by atoms with Gasteiger partial charge in [0.15, 0.2) is 0 Å². The fraction of sp³-hybridized carbons (Fsp3) is 0.222. The number of hydrogen-bond acceptors (Lipinski definition) is 3. The molecule has 0 fully saturated rings. The van der Waals surface area contributed by atoms with Crippen molar-refractivity contribution in [2.75, 3.05) is 6.61 Å². The van der Waals surface area contributed by atoms with Crippen molar-refractivity contribution in [2.45, 2.75) is 6.42 Å². The summed E-state index contributed by atoms with van der Waals surface area (Å²) in [7, 11) is 0. The van der Waals surface area contributed by atoms with Gasteiger partial charge in [0.2, 0.25) is 5.96 Å². The molecular weight excluding hydrogens is 182 g/mol. The number of rotatable bonds is 3. The summed E-state index contributed by atoms with van der Waals surface area (Å²) < 4.78 is 0. The van der Waals surface area contributed by atoms with Crippen molar-refractivity contribution in [3.05, 3.63) is 29.8 Å². The fourth-order valence-electron chi connectivity index (χ4n) is 1.07. The van der Waals surface area contributed by atoms with E-state index < -0.39 is 0 Å². The maximum atomic E-state index is 8.73. The van der Waals surface area contributed by atoms with E-state index in [9.17, 15) is 0 Å². The molecule has 0 saturated carbocycles. The Labute approximate surface area is 81.9 Å². The van der Waals surface area contributed by atoms with Gasteiger partial charge in [0.1, 0.15) is 0 Å². The summed E-state index contributed by atoms with van der Waals surface area (Å²) >= 11 is 0. The maximum Gasteiger partial charge on any atom is 0.218 e. The van der Waals surface area contributed by atoms with Gasteiger partial charge in [-0.3, -0.25) is 5.21 Å². The summed E-state index contributed by atoms with van der Waals surface area (Å²) in [5, 5.41) is 17.1. The molecule has 0 unspecified atom stereocenters. The van der Waals surface area contributed by atoms with E-state index in [-0.39, 0.29) is 12.6 Å². The molecule has 5 nitrogen and oxygen atoms in total. The summed E-state index contributed by atoms with van der Waals surface area (Å²) in [5.41, 5.74) is 8.62. The lowest BCUT2D eigenvalue weighted by Crippen LogP contribution is -2.27. The van der Waals surface area contributed by atoms with Gasteiger partial charge in [0, 0.05) is 6.61 Å². The summed E-state index contributed by atoms with van der Waals surface area (Å²) in [6, 6.07) is 7.25. The summed E-state index contributed by atoms with van der Waals surface area (Å²) in [5.74, 6) is -0.0638. The number of aliphatic hydroxyl groups is 1. The molecule has 5 N–H and O–H groups in total. The Morgan fingerprint density at radius 3 is 2.93 bits per heavy atom. The van der Waals surface area contributed by atoms with Crippen LogP contribution < -0.4 is 11.2 Å². The van der Waals surface area contributed by atoms with Gasteiger partial charge in [0.05, 0.1) is 5.69 Å². The third-order valence-electron chi connectivity index (χ3n) is 1.68. The maximum absolute atomic E-state index is 8.73. The van der Waals surface area contributed by atoms with Crippen molar-refractivity contribution in [1.29, 1.82) is 0 Å². The molecule has 0 aliphatic heterocycles. The van der Waals surface area contributed by atoms with Crippen LogP contribution in [0.15, 0.2) is 29.3 Å². The monoisotopic (exact) mass is 195 g/mol. The average Bonchev–Trinajstić information content (AvgIpc) is 2.19. The van der Waals surface area contributed by atoms with Gasteiger partial charge >= 0.3 is 0 Å². The number of hydrogen-bond donors (Lipinski definition) is 4. The van der Waals surface area contributed by atoms with Crippen LogP contribution >= 0.6 is 0 Å². The van der Waals surface area contributed by atoms with Crippen molar-refractivity contribution < 1.29 is 10.3 Å². The minimum atomic E-state index is -0.0638. The van der Waals surface area contributed by atoms with Crippen LogP contribution in [0, 0.1) is 0 Å². The minimum Gasteiger partial charge on any atom is -0.396 e. The first-order chi connectivity index (χ1) is 6.76. The summed E-state index contributed by atoms with van der Waals surface area (Å²) in [6.07, 6.45) is 0.579. The molecule has 5 heteroatoms. The molecule has 0 atom stereocenters. The van der Waals surface area contributed by atoms with E-state index >= 15 is 0 Å². The highest BCUT2D eigenvalue weighted by molar-refractivity contribution is 5.79. The second kappa shape index (κ2) is 5.21. The number of nitrogens with two attached hydrogens (primary N) is 1. The molecule has 0 saturated heterocycles. The molecule has 0 spiro atoms. The standard InChI is InChI=1S/C9H13N3O2/c10-9(12-14)11-8-3-1-2-7(6-8)4-5-13/h1-3,6,13-14H,4-5H2,(H3,10,11,12). The van der Waals surface area contributed by atoms with E-state index in [0.717, 1.165) is 5.56 Å². The summed E-state index contributed by atoms with van der Waals surface area (Å²) in [4.78, 5) is 3.87. The van der Waals surface area contributed by atoms with Gasteiger partial charge in [-0.1, -0.05) is 12.1 Å². The number of hydroxylamine groups is 1. The largest absolute Gasteiger partial charge is 0.396 e. The number of aliphatic imine (C=N–C) groups is 1. The van der Waals surface area contributed by atoms with Crippen LogP contribution in [-0.2, 0) is 6.42 Å². The molecule has 1 aromatic rings. The van der Waals surface area contributed by atoms with Crippen LogP contribution in [0.2, 0.25) is 0 Å². The molecule has 0 radical (unpaired) electrons. The van der Waals surface area contributed by atoms with Crippen molar-refractivity contribution >= 4 is 11.6 Å². The second-order valence-electron chi connectivity index (χ2n) is 2.75.